The number of phenolic OH excluding ortho intramolecular Hbond substituents is 1. The van der Waals surface area contributed by atoms with Crippen molar-refractivity contribution in [2.75, 3.05) is 13.1 Å². The summed E-state index contributed by atoms with van der Waals surface area (Å²) in [6, 6.07) is 6.72. The maximum absolute atomic E-state index is 14.9. The molecule has 1 spiro atoms. The van der Waals surface area contributed by atoms with Crippen LogP contribution in [0.25, 0.3) is 10.9 Å². The van der Waals surface area contributed by atoms with E-state index in [0.29, 0.717) is 36.6 Å². The molecule has 3 aliphatic heterocycles. The number of nitrogens with zero attached hydrogens (tertiary/aromatic N) is 2. The number of hydrogen-bond donors (Lipinski definition) is 3. The summed E-state index contributed by atoms with van der Waals surface area (Å²) in [7, 11) is 0. The standard InChI is InChI=1S/C29H29FN2O4/c30-16-10-17-19-12-29(35)22-9-15-3-4-21(34)26-23(15)28(29,6-8-31(22)13-14-1-2-14)27(36-26)25(19)32-7-5-20(33)18(11-16)24(17)32/h3-4,10-11,14,20,22,27,33-35H,1-2,5-9,12-13H2/t20-,22-,27-,28-,29+/m0/s1. The van der Waals surface area contributed by atoms with E-state index in [1.165, 1.54) is 24.5 Å². The van der Waals surface area contributed by atoms with E-state index < -0.39 is 23.2 Å². The summed E-state index contributed by atoms with van der Waals surface area (Å²) in [5.41, 5.74) is 3.83. The molecule has 4 heterocycles. The number of ether oxygens (including phenoxy) is 1. The maximum atomic E-state index is 14.9. The number of benzene rings is 2. The molecule has 0 amide bonds. The molecule has 5 atom stereocenters. The van der Waals surface area contributed by atoms with Gasteiger partial charge < -0.3 is 24.6 Å². The third kappa shape index (κ3) is 2.14. The van der Waals surface area contributed by atoms with E-state index in [0.717, 1.165) is 53.7 Å². The van der Waals surface area contributed by atoms with Gasteiger partial charge in [-0.1, -0.05) is 6.07 Å². The molecule has 7 heteroatoms. The van der Waals surface area contributed by atoms with Crippen molar-refractivity contribution >= 4 is 10.9 Å². The van der Waals surface area contributed by atoms with Crippen molar-refractivity contribution in [2.24, 2.45) is 5.92 Å². The topological polar surface area (TPSA) is 78.1 Å². The lowest BCUT2D eigenvalue weighted by Crippen LogP contribution is -2.74. The minimum atomic E-state index is -1.10. The van der Waals surface area contributed by atoms with Gasteiger partial charge in [0.25, 0.3) is 0 Å². The summed E-state index contributed by atoms with van der Waals surface area (Å²) < 4.78 is 23.8. The molecule has 36 heavy (non-hydrogen) atoms. The van der Waals surface area contributed by atoms with Crippen LogP contribution in [0.4, 0.5) is 4.39 Å². The zero-order valence-corrected chi connectivity index (χ0v) is 20.0. The van der Waals surface area contributed by atoms with Gasteiger partial charge in [-0.25, -0.2) is 4.39 Å². The lowest BCUT2D eigenvalue weighted by Gasteiger charge is -2.63. The number of fused-ring (bicyclic) bond motifs is 4. The van der Waals surface area contributed by atoms with Crippen LogP contribution in [0.5, 0.6) is 11.5 Å². The molecule has 6 aliphatic rings. The average Bonchev–Trinajstić information content (AvgIpc) is 3.52. The lowest BCUT2D eigenvalue weighted by atomic mass is 9.49. The quantitative estimate of drug-likeness (QED) is 0.514. The second-order valence-corrected chi connectivity index (χ2v) is 12.1. The smallest absolute Gasteiger partial charge is 0.166 e. The predicted molar refractivity (Wildman–Crippen MR) is 130 cm³/mol. The Bertz CT molecular complexity index is 1510. The van der Waals surface area contributed by atoms with Crippen molar-refractivity contribution in [2.45, 2.75) is 74.3 Å². The van der Waals surface area contributed by atoms with Gasteiger partial charge in [-0.05, 0) is 73.9 Å². The van der Waals surface area contributed by atoms with Gasteiger partial charge in [-0.15, -0.1) is 0 Å². The van der Waals surface area contributed by atoms with E-state index in [2.05, 4.69) is 9.47 Å². The number of aliphatic hydroxyl groups is 2. The van der Waals surface area contributed by atoms with Crippen LogP contribution in [0.3, 0.4) is 0 Å². The Morgan fingerprint density at radius 1 is 1.14 bits per heavy atom. The van der Waals surface area contributed by atoms with Crippen molar-refractivity contribution in [1.29, 1.82) is 0 Å². The van der Waals surface area contributed by atoms with Gasteiger partial charge in [0.15, 0.2) is 17.6 Å². The van der Waals surface area contributed by atoms with Gasteiger partial charge in [-0.2, -0.15) is 0 Å². The summed E-state index contributed by atoms with van der Waals surface area (Å²) >= 11 is 0. The zero-order chi connectivity index (χ0) is 24.1. The van der Waals surface area contributed by atoms with Crippen LogP contribution >= 0.6 is 0 Å². The van der Waals surface area contributed by atoms with Gasteiger partial charge in [0, 0.05) is 42.1 Å². The Morgan fingerprint density at radius 3 is 2.83 bits per heavy atom. The number of piperidine rings is 1. The van der Waals surface area contributed by atoms with Gasteiger partial charge in [0.05, 0.1) is 28.3 Å². The monoisotopic (exact) mass is 488 g/mol. The average molecular weight is 489 g/mol. The third-order valence-corrected chi connectivity index (χ3v) is 10.5. The van der Waals surface area contributed by atoms with E-state index in [9.17, 15) is 19.7 Å². The SMILES string of the molecule is Oc1ccc2c3c1O[C@H]1c4c(c5cc(F)cc6c5n4CC[C@@H]6O)C[C@@]4(O)[C@H](C2)N(CC2CC2)CC[C@]314. The minimum absolute atomic E-state index is 0.0590. The van der Waals surface area contributed by atoms with Crippen LogP contribution in [-0.2, 0) is 24.8 Å². The number of rotatable bonds is 2. The van der Waals surface area contributed by atoms with Gasteiger partial charge >= 0.3 is 0 Å². The van der Waals surface area contributed by atoms with E-state index in [1.807, 2.05) is 6.07 Å². The molecule has 3 aromatic rings. The van der Waals surface area contributed by atoms with Crippen LogP contribution in [0.15, 0.2) is 24.3 Å². The second-order valence-electron chi connectivity index (χ2n) is 12.1. The highest BCUT2D eigenvalue weighted by Gasteiger charge is 2.73. The molecule has 1 saturated heterocycles. The molecule has 0 unspecified atom stereocenters. The second kappa shape index (κ2) is 6.26. The van der Waals surface area contributed by atoms with Crippen LogP contribution in [0.1, 0.15) is 65.8 Å². The van der Waals surface area contributed by atoms with Gasteiger partial charge in [0.1, 0.15) is 5.82 Å². The normalized spacial score (nSPS) is 35.5. The lowest BCUT2D eigenvalue weighted by molar-refractivity contribution is -0.173. The van der Waals surface area contributed by atoms with Gasteiger partial charge in [-0.3, -0.25) is 4.90 Å². The Morgan fingerprint density at radius 2 is 2.00 bits per heavy atom. The van der Waals surface area contributed by atoms with Crippen molar-refractivity contribution in [3.05, 3.63) is 58.0 Å². The Labute approximate surface area is 207 Å². The van der Waals surface area contributed by atoms with Crippen molar-refractivity contribution in [3.8, 4) is 11.5 Å². The predicted octanol–water partition coefficient (Wildman–Crippen LogP) is 3.62. The summed E-state index contributed by atoms with van der Waals surface area (Å²) in [5, 5.41) is 35.4. The van der Waals surface area contributed by atoms with E-state index in [1.54, 1.807) is 12.1 Å². The molecular formula is C29H29FN2O4. The minimum Gasteiger partial charge on any atom is -0.504 e. The molecular weight excluding hydrogens is 459 g/mol. The van der Waals surface area contributed by atoms with Crippen LogP contribution < -0.4 is 4.74 Å². The molecule has 3 aliphatic carbocycles. The van der Waals surface area contributed by atoms with Gasteiger partial charge in [0.2, 0.25) is 0 Å². The first-order valence-corrected chi connectivity index (χ1v) is 13.4. The fraction of sp³-hybridized carbons (Fsp3) is 0.517. The highest BCUT2D eigenvalue weighted by molar-refractivity contribution is 5.90. The van der Waals surface area contributed by atoms with E-state index >= 15 is 0 Å². The largest absolute Gasteiger partial charge is 0.504 e. The molecule has 1 aromatic heterocycles. The Balaban J connectivity index is 1.36. The summed E-state index contributed by atoms with van der Waals surface area (Å²) in [6.07, 6.45) is 3.76. The number of likely N-dealkylation sites (tertiary alicyclic amines) is 1. The summed E-state index contributed by atoms with van der Waals surface area (Å²) in [6.45, 7) is 2.52. The van der Waals surface area contributed by atoms with E-state index in [4.69, 9.17) is 4.74 Å². The number of phenols is 1. The number of halogens is 1. The first-order valence-electron chi connectivity index (χ1n) is 13.4. The number of hydrogen-bond acceptors (Lipinski definition) is 5. The van der Waals surface area contributed by atoms with Crippen LogP contribution in [0.2, 0.25) is 0 Å². The highest BCUT2D eigenvalue weighted by atomic mass is 19.1. The molecule has 186 valence electrons. The molecule has 3 N–H and O–H groups in total. The third-order valence-electron chi connectivity index (χ3n) is 10.5. The number of aromatic nitrogens is 1. The van der Waals surface area contributed by atoms with E-state index in [-0.39, 0.29) is 17.6 Å². The molecule has 9 rings (SSSR count). The molecule has 6 nitrogen and oxygen atoms in total. The molecule has 2 bridgehead atoms. The fourth-order valence-electron chi connectivity index (χ4n) is 8.87. The van der Waals surface area contributed by atoms with Crippen molar-refractivity contribution < 1.29 is 24.4 Å². The van der Waals surface area contributed by atoms with Crippen LogP contribution in [-0.4, -0.2) is 49.5 Å². The first-order chi connectivity index (χ1) is 17.4. The maximum Gasteiger partial charge on any atom is 0.166 e. The number of aliphatic hydroxyl groups excluding tert-OH is 1. The van der Waals surface area contributed by atoms with Crippen LogP contribution in [0, 0.1) is 11.7 Å². The summed E-state index contributed by atoms with van der Waals surface area (Å²) in [4.78, 5) is 2.51. The molecule has 0 radical (unpaired) electrons. The Hall–Kier alpha value is -2.61. The fourth-order valence-corrected chi connectivity index (χ4v) is 8.87. The molecule has 1 saturated carbocycles. The number of aromatic hydroxyl groups is 1. The first kappa shape index (κ1) is 20.4. The zero-order valence-electron chi connectivity index (χ0n) is 20.0. The van der Waals surface area contributed by atoms with Crippen molar-refractivity contribution in [1.82, 2.24) is 9.47 Å². The molecule has 2 aromatic carbocycles. The van der Waals surface area contributed by atoms with Crippen molar-refractivity contribution in [3.63, 3.8) is 0 Å². The summed E-state index contributed by atoms with van der Waals surface area (Å²) in [5.74, 6) is 0.985. The highest BCUT2D eigenvalue weighted by Crippen LogP contribution is 2.69. The molecule has 2 fully saturated rings. The number of aryl methyl sites for hydroxylation is 1. The Kier molecular flexibility index (Phi) is 3.56.